The molecule has 1 aromatic carbocycles. The van der Waals surface area contributed by atoms with Gasteiger partial charge in [-0.2, -0.15) is 0 Å². The zero-order valence-corrected chi connectivity index (χ0v) is 15.5. The summed E-state index contributed by atoms with van der Waals surface area (Å²) in [7, 11) is 0. The topological polar surface area (TPSA) is 50.8 Å². The average Bonchev–Trinajstić information content (AvgIpc) is 2.67. The second kappa shape index (κ2) is 7.97. The number of nitrogens with zero attached hydrogens (tertiary/aromatic N) is 1. The van der Waals surface area contributed by atoms with Crippen molar-refractivity contribution in [3.8, 4) is 0 Å². The molecule has 0 aromatic heterocycles. The predicted octanol–water partition coefficient (Wildman–Crippen LogP) is 3.34. The Bertz CT molecular complexity index is 585. The van der Waals surface area contributed by atoms with E-state index in [1.807, 2.05) is 35.2 Å². The van der Waals surface area contributed by atoms with E-state index < -0.39 is 0 Å². The monoisotopic (exact) mass is 358 g/mol. The van der Waals surface area contributed by atoms with Crippen molar-refractivity contribution in [1.29, 1.82) is 0 Å². The van der Waals surface area contributed by atoms with Crippen LogP contribution in [0, 0.1) is 5.41 Å². The lowest BCUT2D eigenvalue weighted by Gasteiger charge is -2.48. The van der Waals surface area contributed by atoms with Gasteiger partial charge < -0.3 is 19.7 Å². The van der Waals surface area contributed by atoms with Crippen LogP contribution in [0.2, 0.25) is 0 Å². The maximum absolute atomic E-state index is 12.2. The van der Waals surface area contributed by atoms with Gasteiger partial charge in [-0.3, -0.25) is 0 Å². The molecule has 2 heterocycles. The number of ether oxygens (including phenoxy) is 2. The van der Waals surface area contributed by atoms with Crippen LogP contribution >= 0.6 is 0 Å². The van der Waals surface area contributed by atoms with Crippen LogP contribution < -0.4 is 5.32 Å². The van der Waals surface area contributed by atoms with Crippen LogP contribution in [-0.2, 0) is 16.1 Å². The minimum Gasteiger partial charge on any atom is -0.445 e. The second-order valence-electron chi connectivity index (χ2n) is 8.17. The Morgan fingerprint density at radius 2 is 1.69 bits per heavy atom. The lowest BCUT2D eigenvalue weighted by Crippen LogP contribution is -2.55. The van der Waals surface area contributed by atoms with Crippen molar-refractivity contribution in [3.63, 3.8) is 0 Å². The van der Waals surface area contributed by atoms with Crippen molar-refractivity contribution in [2.75, 3.05) is 26.2 Å². The first-order valence-electron chi connectivity index (χ1n) is 10.0. The summed E-state index contributed by atoms with van der Waals surface area (Å²) >= 11 is 0. The Labute approximate surface area is 156 Å². The number of rotatable bonds is 4. The molecule has 5 nitrogen and oxygen atoms in total. The fourth-order valence-corrected chi connectivity index (χ4v) is 4.43. The fourth-order valence-electron chi connectivity index (χ4n) is 4.43. The number of benzene rings is 1. The van der Waals surface area contributed by atoms with Crippen molar-refractivity contribution in [1.82, 2.24) is 10.2 Å². The van der Waals surface area contributed by atoms with Gasteiger partial charge in [0.05, 0.1) is 12.2 Å². The molecule has 1 amide bonds. The molecular formula is C21H30N2O3. The van der Waals surface area contributed by atoms with Crippen molar-refractivity contribution < 1.29 is 14.3 Å². The van der Waals surface area contributed by atoms with Gasteiger partial charge >= 0.3 is 6.09 Å². The largest absolute Gasteiger partial charge is 0.445 e. The highest BCUT2D eigenvalue weighted by atomic mass is 16.6. The third-order valence-corrected chi connectivity index (χ3v) is 6.28. The van der Waals surface area contributed by atoms with Crippen LogP contribution in [0.5, 0.6) is 0 Å². The minimum absolute atomic E-state index is 0.204. The van der Waals surface area contributed by atoms with Gasteiger partial charge in [0.1, 0.15) is 6.61 Å². The molecule has 2 aliphatic heterocycles. The second-order valence-corrected chi connectivity index (χ2v) is 8.17. The third kappa shape index (κ3) is 4.21. The fraction of sp³-hybridized carbons (Fsp3) is 0.667. The van der Waals surface area contributed by atoms with Crippen LogP contribution in [-0.4, -0.2) is 49.4 Å². The summed E-state index contributed by atoms with van der Waals surface area (Å²) in [6.07, 6.45) is 7.35. The minimum atomic E-state index is -0.204. The molecule has 1 saturated carbocycles. The maximum atomic E-state index is 12.2. The molecule has 1 spiro atoms. The van der Waals surface area contributed by atoms with Crippen molar-refractivity contribution in [2.45, 2.75) is 57.3 Å². The van der Waals surface area contributed by atoms with E-state index in [4.69, 9.17) is 9.47 Å². The molecule has 0 unspecified atom stereocenters. The number of carbonyl (C=O) groups is 1. The van der Waals surface area contributed by atoms with Crippen LogP contribution in [0.15, 0.2) is 30.3 Å². The Hall–Kier alpha value is -1.59. The molecule has 0 bridgehead atoms. The quantitative estimate of drug-likeness (QED) is 0.897. The summed E-state index contributed by atoms with van der Waals surface area (Å²) in [5, 5.41) is 3.41. The van der Waals surface area contributed by atoms with Gasteiger partial charge in [0.25, 0.3) is 0 Å². The Kier molecular flexibility index (Phi) is 5.46. The lowest BCUT2D eigenvalue weighted by molar-refractivity contribution is -0.0758. The van der Waals surface area contributed by atoms with Gasteiger partial charge in [-0.1, -0.05) is 30.3 Å². The smallest absolute Gasteiger partial charge is 0.410 e. The van der Waals surface area contributed by atoms with E-state index >= 15 is 0 Å². The number of carbonyl (C=O) groups excluding carboxylic acids is 1. The number of amides is 1. The predicted molar refractivity (Wildman–Crippen MR) is 99.9 cm³/mol. The molecule has 142 valence electrons. The van der Waals surface area contributed by atoms with Gasteiger partial charge in [-0.05, 0) is 49.5 Å². The number of piperidine rings is 1. The summed E-state index contributed by atoms with van der Waals surface area (Å²) in [6.45, 7) is 4.21. The number of hydrogen-bond acceptors (Lipinski definition) is 4. The highest BCUT2D eigenvalue weighted by Crippen LogP contribution is 2.40. The van der Waals surface area contributed by atoms with Crippen molar-refractivity contribution in [3.05, 3.63) is 35.9 Å². The zero-order chi connectivity index (χ0) is 17.8. The van der Waals surface area contributed by atoms with Gasteiger partial charge in [0, 0.05) is 26.2 Å². The van der Waals surface area contributed by atoms with Crippen LogP contribution in [0.1, 0.15) is 44.1 Å². The third-order valence-electron chi connectivity index (χ3n) is 6.28. The van der Waals surface area contributed by atoms with E-state index in [-0.39, 0.29) is 6.09 Å². The summed E-state index contributed by atoms with van der Waals surface area (Å²) in [5.74, 6) is 0. The molecule has 3 fully saturated rings. The first kappa shape index (κ1) is 17.8. The molecule has 3 aliphatic rings. The summed E-state index contributed by atoms with van der Waals surface area (Å²) in [6, 6.07) is 9.83. The number of nitrogens with one attached hydrogen (secondary N) is 1. The van der Waals surface area contributed by atoms with E-state index in [1.165, 1.54) is 38.8 Å². The first-order chi connectivity index (χ1) is 12.7. The van der Waals surface area contributed by atoms with E-state index in [0.717, 1.165) is 31.5 Å². The average molecular weight is 358 g/mol. The summed E-state index contributed by atoms with van der Waals surface area (Å²) < 4.78 is 11.8. The summed E-state index contributed by atoms with van der Waals surface area (Å²) in [5.41, 5.74) is 1.61. The zero-order valence-electron chi connectivity index (χ0n) is 15.5. The Morgan fingerprint density at radius 1 is 1.04 bits per heavy atom. The van der Waals surface area contributed by atoms with Gasteiger partial charge in [-0.25, -0.2) is 4.79 Å². The highest BCUT2D eigenvalue weighted by Gasteiger charge is 2.40. The highest BCUT2D eigenvalue weighted by molar-refractivity contribution is 5.67. The van der Waals surface area contributed by atoms with Crippen LogP contribution in [0.25, 0.3) is 0 Å². The molecule has 0 atom stereocenters. The Morgan fingerprint density at radius 3 is 2.31 bits per heavy atom. The van der Waals surface area contributed by atoms with Crippen LogP contribution in [0.3, 0.4) is 0 Å². The molecular weight excluding hydrogens is 328 g/mol. The van der Waals surface area contributed by atoms with Gasteiger partial charge in [0.2, 0.25) is 0 Å². The lowest BCUT2D eigenvalue weighted by atomic mass is 9.69. The van der Waals surface area contributed by atoms with E-state index in [2.05, 4.69) is 5.32 Å². The maximum Gasteiger partial charge on any atom is 0.410 e. The molecule has 2 saturated heterocycles. The summed E-state index contributed by atoms with van der Waals surface area (Å²) in [4.78, 5) is 14.1. The molecule has 26 heavy (non-hydrogen) atoms. The Balaban J connectivity index is 1.15. The number of hydrogen-bond donors (Lipinski definition) is 1. The first-order valence-corrected chi connectivity index (χ1v) is 10.0. The molecule has 4 rings (SSSR count). The van der Waals surface area contributed by atoms with Gasteiger partial charge in [0.15, 0.2) is 0 Å². The SMILES string of the molecule is O=C(OCc1ccccc1)N1CCC(OC2CCC3(CC2)CNC3)CC1. The molecule has 1 aromatic rings. The van der Waals surface area contributed by atoms with Gasteiger partial charge in [-0.15, -0.1) is 0 Å². The van der Waals surface area contributed by atoms with E-state index in [1.54, 1.807) is 0 Å². The van der Waals surface area contributed by atoms with E-state index in [9.17, 15) is 4.79 Å². The van der Waals surface area contributed by atoms with Crippen molar-refractivity contribution in [2.24, 2.45) is 5.41 Å². The molecule has 1 N–H and O–H groups in total. The van der Waals surface area contributed by atoms with Crippen LogP contribution in [0.4, 0.5) is 4.79 Å². The normalized spacial score (nSPS) is 23.6. The standard InChI is InChI=1S/C21H30N2O3/c24-20(25-14-17-4-2-1-3-5-17)23-12-8-19(9-13-23)26-18-6-10-21(11-7-18)15-22-16-21/h1-5,18-19,22H,6-16H2. The number of likely N-dealkylation sites (tertiary alicyclic amines) is 1. The van der Waals surface area contributed by atoms with E-state index in [0.29, 0.717) is 24.2 Å². The van der Waals surface area contributed by atoms with Crippen molar-refractivity contribution >= 4 is 6.09 Å². The molecule has 5 heteroatoms. The molecule has 0 radical (unpaired) electrons. The molecule has 1 aliphatic carbocycles.